The van der Waals surface area contributed by atoms with Crippen LogP contribution in [0.5, 0.6) is 5.75 Å². The first-order valence-corrected chi connectivity index (χ1v) is 5.46. The molecule has 0 spiro atoms. The second-order valence-corrected chi connectivity index (χ2v) is 3.75. The van der Waals surface area contributed by atoms with Crippen LogP contribution in [0, 0.1) is 6.92 Å². The molecule has 1 aromatic heterocycles. The van der Waals surface area contributed by atoms with E-state index in [1.54, 1.807) is 12.4 Å². The lowest BCUT2D eigenvalue weighted by atomic mass is 10.2. The molecule has 2 rings (SSSR count). The summed E-state index contributed by atoms with van der Waals surface area (Å²) in [5.41, 5.74) is 1.99. The SMILES string of the molecule is CNc1cnc(COc2cccc(C)c2)cn1. The molecule has 0 unspecified atom stereocenters. The van der Waals surface area contributed by atoms with Crippen LogP contribution in [0.3, 0.4) is 0 Å². The van der Waals surface area contributed by atoms with Crippen LogP contribution in [-0.2, 0) is 6.61 Å². The Hall–Kier alpha value is -2.10. The van der Waals surface area contributed by atoms with Crippen molar-refractivity contribution in [3.05, 3.63) is 47.9 Å². The van der Waals surface area contributed by atoms with Gasteiger partial charge in [-0.15, -0.1) is 0 Å². The number of ether oxygens (including phenoxy) is 1. The van der Waals surface area contributed by atoms with E-state index in [0.717, 1.165) is 17.3 Å². The molecule has 0 atom stereocenters. The third-order valence-corrected chi connectivity index (χ3v) is 2.34. The molecule has 1 aromatic carbocycles. The molecule has 0 fully saturated rings. The van der Waals surface area contributed by atoms with Gasteiger partial charge < -0.3 is 10.1 Å². The maximum absolute atomic E-state index is 5.62. The standard InChI is InChI=1S/C13H15N3O/c1-10-4-3-5-12(6-10)17-9-11-7-16-13(14-2)8-15-11/h3-8H,9H2,1-2H3,(H,14,16). The molecule has 0 radical (unpaired) electrons. The Kier molecular flexibility index (Phi) is 3.55. The summed E-state index contributed by atoms with van der Waals surface area (Å²) in [5, 5.41) is 2.92. The topological polar surface area (TPSA) is 47.0 Å². The molecular formula is C13H15N3O. The molecule has 1 heterocycles. The Morgan fingerprint density at radius 2 is 2.12 bits per heavy atom. The second-order valence-electron chi connectivity index (χ2n) is 3.75. The Balaban J connectivity index is 1.97. The van der Waals surface area contributed by atoms with Gasteiger partial charge >= 0.3 is 0 Å². The highest BCUT2D eigenvalue weighted by Crippen LogP contribution is 2.13. The lowest BCUT2D eigenvalue weighted by molar-refractivity contribution is 0.300. The summed E-state index contributed by atoms with van der Waals surface area (Å²) in [6.07, 6.45) is 3.40. The smallest absolute Gasteiger partial charge is 0.144 e. The molecule has 4 heteroatoms. The quantitative estimate of drug-likeness (QED) is 0.874. The minimum absolute atomic E-state index is 0.431. The van der Waals surface area contributed by atoms with Crippen molar-refractivity contribution in [2.75, 3.05) is 12.4 Å². The highest BCUT2D eigenvalue weighted by atomic mass is 16.5. The molecule has 1 N–H and O–H groups in total. The van der Waals surface area contributed by atoms with Crippen molar-refractivity contribution in [3.63, 3.8) is 0 Å². The van der Waals surface area contributed by atoms with E-state index in [-0.39, 0.29) is 0 Å². The predicted octanol–water partition coefficient (Wildman–Crippen LogP) is 2.41. The Bertz CT molecular complexity index is 482. The molecule has 88 valence electrons. The number of nitrogens with zero attached hydrogens (tertiary/aromatic N) is 2. The van der Waals surface area contributed by atoms with Gasteiger partial charge in [-0.2, -0.15) is 0 Å². The molecule has 0 saturated carbocycles. The van der Waals surface area contributed by atoms with Gasteiger partial charge in [-0.1, -0.05) is 12.1 Å². The third-order valence-electron chi connectivity index (χ3n) is 2.34. The predicted molar refractivity (Wildman–Crippen MR) is 67.1 cm³/mol. The fourth-order valence-corrected chi connectivity index (χ4v) is 1.42. The van der Waals surface area contributed by atoms with Crippen molar-refractivity contribution < 1.29 is 4.74 Å². The van der Waals surface area contributed by atoms with E-state index in [9.17, 15) is 0 Å². The van der Waals surface area contributed by atoms with E-state index in [1.165, 1.54) is 5.56 Å². The van der Waals surface area contributed by atoms with Crippen molar-refractivity contribution in [1.82, 2.24) is 9.97 Å². The Morgan fingerprint density at radius 1 is 1.24 bits per heavy atom. The molecule has 0 saturated heterocycles. The summed E-state index contributed by atoms with van der Waals surface area (Å²) in [7, 11) is 1.81. The Morgan fingerprint density at radius 3 is 2.76 bits per heavy atom. The monoisotopic (exact) mass is 229 g/mol. The molecule has 0 aliphatic heterocycles. The number of aryl methyl sites for hydroxylation is 1. The number of anilines is 1. The summed E-state index contributed by atoms with van der Waals surface area (Å²) in [4.78, 5) is 8.41. The van der Waals surface area contributed by atoms with Gasteiger partial charge in [0.15, 0.2) is 0 Å². The van der Waals surface area contributed by atoms with Gasteiger partial charge in [-0.05, 0) is 24.6 Å². The maximum Gasteiger partial charge on any atom is 0.144 e. The molecule has 17 heavy (non-hydrogen) atoms. The number of hydrogen-bond acceptors (Lipinski definition) is 4. The lowest BCUT2D eigenvalue weighted by Gasteiger charge is -2.06. The minimum Gasteiger partial charge on any atom is -0.487 e. The zero-order valence-electron chi connectivity index (χ0n) is 9.97. The van der Waals surface area contributed by atoms with E-state index in [0.29, 0.717) is 6.61 Å². The normalized spacial score (nSPS) is 10.0. The number of aromatic nitrogens is 2. The minimum atomic E-state index is 0.431. The summed E-state index contributed by atoms with van der Waals surface area (Å²) < 4.78 is 5.62. The third kappa shape index (κ3) is 3.17. The summed E-state index contributed by atoms with van der Waals surface area (Å²) in [6.45, 7) is 2.47. The fraction of sp³-hybridized carbons (Fsp3) is 0.231. The average Bonchev–Trinajstić information content (AvgIpc) is 2.37. The van der Waals surface area contributed by atoms with E-state index >= 15 is 0 Å². The molecule has 4 nitrogen and oxygen atoms in total. The molecule has 0 amide bonds. The fourth-order valence-electron chi connectivity index (χ4n) is 1.42. The van der Waals surface area contributed by atoms with E-state index in [4.69, 9.17) is 4.74 Å². The first-order valence-electron chi connectivity index (χ1n) is 5.46. The van der Waals surface area contributed by atoms with Crippen molar-refractivity contribution in [3.8, 4) is 5.75 Å². The summed E-state index contributed by atoms with van der Waals surface area (Å²) in [6, 6.07) is 7.94. The number of nitrogens with one attached hydrogen (secondary N) is 1. The van der Waals surface area contributed by atoms with Gasteiger partial charge in [-0.3, -0.25) is 4.98 Å². The molecular weight excluding hydrogens is 214 g/mol. The van der Waals surface area contributed by atoms with Crippen molar-refractivity contribution >= 4 is 5.82 Å². The highest BCUT2D eigenvalue weighted by Gasteiger charge is 1.98. The van der Waals surface area contributed by atoms with E-state index in [1.807, 2.05) is 38.2 Å². The van der Waals surface area contributed by atoms with Crippen LogP contribution < -0.4 is 10.1 Å². The van der Waals surface area contributed by atoms with Crippen molar-refractivity contribution in [2.24, 2.45) is 0 Å². The van der Waals surface area contributed by atoms with Crippen molar-refractivity contribution in [1.29, 1.82) is 0 Å². The zero-order valence-corrected chi connectivity index (χ0v) is 9.97. The van der Waals surface area contributed by atoms with Crippen molar-refractivity contribution in [2.45, 2.75) is 13.5 Å². The molecule has 0 aliphatic rings. The largest absolute Gasteiger partial charge is 0.487 e. The van der Waals surface area contributed by atoms with Crippen LogP contribution in [0.1, 0.15) is 11.3 Å². The number of hydrogen-bond donors (Lipinski definition) is 1. The van der Waals surface area contributed by atoms with Crippen LogP contribution in [0.2, 0.25) is 0 Å². The van der Waals surface area contributed by atoms with Crippen LogP contribution in [0.15, 0.2) is 36.7 Å². The highest BCUT2D eigenvalue weighted by molar-refractivity contribution is 5.30. The van der Waals surface area contributed by atoms with Gasteiger partial charge in [0.05, 0.1) is 18.1 Å². The van der Waals surface area contributed by atoms with Crippen LogP contribution in [0.25, 0.3) is 0 Å². The number of benzene rings is 1. The summed E-state index contributed by atoms with van der Waals surface area (Å²) >= 11 is 0. The average molecular weight is 229 g/mol. The van der Waals surface area contributed by atoms with Gasteiger partial charge in [-0.25, -0.2) is 4.98 Å². The molecule has 0 aliphatic carbocycles. The van der Waals surface area contributed by atoms with Gasteiger partial charge in [0, 0.05) is 7.05 Å². The Labute approximate surface area is 101 Å². The van der Waals surface area contributed by atoms with Crippen LogP contribution >= 0.6 is 0 Å². The van der Waals surface area contributed by atoms with Crippen LogP contribution in [0.4, 0.5) is 5.82 Å². The van der Waals surface area contributed by atoms with Crippen LogP contribution in [-0.4, -0.2) is 17.0 Å². The molecule has 2 aromatic rings. The van der Waals surface area contributed by atoms with E-state index in [2.05, 4.69) is 15.3 Å². The van der Waals surface area contributed by atoms with Gasteiger partial charge in [0.2, 0.25) is 0 Å². The second kappa shape index (κ2) is 5.30. The molecule has 0 bridgehead atoms. The van der Waals surface area contributed by atoms with E-state index < -0.39 is 0 Å². The van der Waals surface area contributed by atoms with Gasteiger partial charge in [0.1, 0.15) is 18.2 Å². The lowest BCUT2D eigenvalue weighted by Crippen LogP contribution is -2.01. The first-order chi connectivity index (χ1) is 8.28. The number of rotatable bonds is 4. The first kappa shape index (κ1) is 11.4. The zero-order chi connectivity index (χ0) is 12.1. The summed E-state index contributed by atoms with van der Waals surface area (Å²) in [5.74, 6) is 1.61. The van der Waals surface area contributed by atoms with Gasteiger partial charge in [0.25, 0.3) is 0 Å². The maximum atomic E-state index is 5.62.